The van der Waals surface area contributed by atoms with Gasteiger partial charge in [0, 0.05) is 16.8 Å². The van der Waals surface area contributed by atoms with Gasteiger partial charge in [0.15, 0.2) is 5.58 Å². The van der Waals surface area contributed by atoms with Gasteiger partial charge in [-0.1, -0.05) is 6.07 Å². The molecule has 30 heavy (non-hydrogen) atoms. The zero-order valence-corrected chi connectivity index (χ0v) is 17.6. The number of fused-ring (bicyclic) bond motifs is 1. The average Bonchev–Trinajstić information content (AvgIpc) is 3.13. The number of nitrogens with zero attached hydrogens (tertiary/aromatic N) is 1. The summed E-state index contributed by atoms with van der Waals surface area (Å²) in [6.07, 6.45) is 0. The van der Waals surface area contributed by atoms with Gasteiger partial charge in [0.2, 0.25) is 5.89 Å². The molecule has 5 nitrogen and oxygen atoms in total. The fourth-order valence-corrected chi connectivity index (χ4v) is 3.26. The normalized spacial score (nSPS) is 10.9. The number of nitrogens with one attached hydrogen (secondary N) is 1. The third-order valence-corrected chi connectivity index (χ3v) is 5.16. The minimum atomic E-state index is -0.179. The molecule has 0 aliphatic heterocycles. The van der Waals surface area contributed by atoms with Crippen LogP contribution in [-0.4, -0.2) is 17.5 Å². The number of anilines is 1. The molecule has 5 heteroatoms. The summed E-state index contributed by atoms with van der Waals surface area (Å²) < 4.78 is 11.4. The van der Waals surface area contributed by atoms with Gasteiger partial charge in [0.25, 0.3) is 5.91 Å². The van der Waals surface area contributed by atoms with Crippen LogP contribution in [0.1, 0.15) is 34.0 Å². The number of carbonyl (C=O) groups is 1. The molecule has 0 aliphatic rings. The highest BCUT2D eigenvalue weighted by Crippen LogP contribution is 2.29. The first-order chi connectivity index (χ1) is 14.4. The molecule has 1 N–H and O–H groups in total. The number of hydrogen-bond acceptors (Lipinski definition) is 4. The van der Waals surface area contributed by atoms with E-state index in [0.717, 1.165) is 39.2 Å². The molecule has 0 aliphatic carbocycles. The van der Waals surface area contributed by atoms with Crippen molar-refractivity contribution in [3.05, 3.63) is 76.9 Å². The smallest absolute Gasteiger partial charge is 0.255 e. The van der Waals surface area contributed by atoms with Crippen LogP contribution in [0.2, 0.25) is 0 Å². The summed E-state index contributed by atoms with van der Waals surface area (Å²) in [6.45, 7) is 8.58. The molecule has 0 spiro atoms. The van der Waals surface area contributed by atoms with E-state index in [0.29, 0.717) is 18.1 Å². The second-order valence-corrected chi connectivity index (χ2v) is 7.36. The first kappa shape index (κ1) is 19.7. The first-order valence-electron chi connectivity index (χ1n) is 9.97. The van der Waals surface area contributed by atoms with Crippen LogP contribution >= 0.6 is 0 Å². The first-order valence-corrected chi connectivity index (χ1v) is 9.97. The summed E-state index contributed by atoms with van der Waals surface area (Å²) in [6, 6.07) is 16.9. The van der Waals surface area contributed by atoms with Crippen LogP contribution in [0.25, 0.3) is 22.6 Å². The minimum absolute atomic E-state index is 0.179. The Morgan fingerprint density at radius 1 is 0.967 bits per heavy atom. The van der Waals surface area contributed by atoms with Gasteiger partial charge in [-0.05, 0) is 92.9 Å². The number of aromatic nitrogens is 1. The van der Waals surface area contributed by atoms with Crippen LogP contribution in [0, 0.1) is 20.8 Å². The molecule has 4 aromatic rings. The van der Waals surface area contributed by atoms with E-state index >= 15 is 0 Å². The number of oxazole rings is 1. The standard InChI is InChI=1S/C25H24N2O3/c1-5-29-20-10-8-18(9-11-20)24(28)26-21-14-19(7-6-15(21)2)25-27-22-12-16(3)17(4)13-23(22)30-25/h6-14H,5H2,1-4H3,(H,26,28). The number of aryl methyl sites for hydroxylation is 3. The maximum Gasteiger partial charge on any atom is 0.255 e. The molecular weight excluding hydrogens is 376 g/mol. The molecule has 0 unspecified atom stereocenters. The molecular formula is C25H24N2O3. The molecule has 1 aromatic heterocycles. The summed E-state index contributed by atoms with van der Waals surface area (Å²) in [7, 11) is 0. The summed E-state index contributed by atoms with van der Waals surface area (Å²) in [5.74, 6) is 1.10. The molecule has 0 saturated heterocycles. The van der Waals surface area contributed by atoms with Gasteiger partial charge in [-0.25, -0.2) is 4.98 Å². The van der Waals surface area contributed by atoms with E-state index in [1.165, 1.54) is 5.56 Å². The molecule has 0 saturated carbocycles. The van der Waals surface area contributed by atoms with E-state index in [1.807, 2.05) is 44.2 Å². The molecule has 4 rings (SSSR count). The number of rotatable bonds is 5. The fourth-order valence-electron chi connectivity index (χ4n) is 3.26. The van der Waals surface area contributed by atoms with Crippen molar-refractivity contribution in [2.75, 3.05) is 11.9 Å². The van der Waals surface area contributed by atoms with E-state index in [-0.39, 0.29) is 5.91 Å². The molecule has 152 valence electrons. The molecule has 0 bridgehead atoms. The Labute approximate surface area is 175 Å². The lowest BCUT2D eigenvalue weighted by Gasteiger charge is -2.10. The predicted molar refractivity (Wildman–Crippen MR) is 119 cm³/mol. The Bertz CT molecular complexity index is 1180. The molecule has 1 heterocycles. The second kappa shape index (κ2) is 8.03. The molecule has 0 atom stereocenters. The highest BCUT2D eigenvalue weighted by atomic mass is 16.5. The van der Waals surface area contributed by atoms with Gasteiger partial charge in [-0.3, -0.25) is 4.79 Å². The average molecular weight is 400 g/mol. The zero-order chi connectivity index (χ0) is 21.3. The van der Waals surface area contributed by atoms with Gasteiger partial charge in [0.05, 0.1) is 6.61 Å². The molecule has 0 radical (unpaired) electrons. The van der Waals surface area contributed by atoms with E-state index < -0.39 is 0 Å². The number of carbonyl (C=O) groups excluding carboxylic acids is 1. The van der Waals surface area contributed by atoms with Crippen LogP contribution < -0.4 is 10.1 Å². The van der Waals surface area contributed by atoms with Crippen molar-refractivity contribution < 1.29 is 13.9 Å². The number of benzene rings is 3. The number of amides is 1. The maximum absolute atomic E-state index is 12.7. The van der Waals surface area contributed by atoms with Crippen LogP contribution in [0.3, 0.4) is 0 Å². The lowest BCUT2D eigenvalue weighted by Crippen LogP contribution is -2.12. The van der Waals surface area contributed by atoms with Crippen LogP contribution in [0.5, 0.6) is 5.75 Å². The van der Waals surface area contributed by atoms with E-state index in [2.05, 4.69) is 24.1 Å². The lowest BCUT2D eigenvalue weighted by molar-refractivity contribution is 0.102. The van der Waals surface area contributed by atoms with Crippen molar-refractivity contribution in [2.45, 2.75) is 27.7 Å². The van der Waals surface area contributed by atoms with Crippen molar-refractivity contribution in [3.63, 3.8) is 0 Å². The third kappa shape index (κ3) is 3.92. The van der Waals surface area contributed by atoms with Gasteiger partial charge >= 0.3 is 0 Å². The SMILES string of the molecule is CCOc1ccc(C(=O)Nc2cc(-c3nc4cc(C)c(C)cc4o3)ccc2C)cc1. The monoisotopic (exact) mass is 400 g/mol. The van der Waals surface area contributed by atoms with Crippen molar-refractivity contribution in [1.29, 1.82) is 0 Å². The third-order valence-electron chi connectivity index (χ3n) is 5.16. The summed E-state index contributed by atoms with van der Waals surface area (Å²) >= 11 is 0. The maximum atomic E-state index is 12.7. The Hall–Kier alpha value is -3.60. The summed E-state index contributed by atoms with van der Waals surface area (Å²) in [5, 5.41) is 2.99. The largest absolute Gasteiger partial charge is 0.494 e. The summed E-state index contributed by atoms with van der Waals surface area (Å²) in [4.78, 5) is 17.3. The highest BCUT2D eigenvalue weighted by molar-refractivity contribution is 6.05. The second-order valence-electron chi connectivity index (χ2n) is 7.36. The Morgan fingerprint density at radius 2 is 1.70 bits per heavy atom. The van der Waals surface area contributed by atoms with E-state index in [9.17, 15) is 4.79 Å². The highest BCUT2D eigenvalue weighted by Gasteiger charge is 2.13. The fraction of sp³-hybridized carbons (Fsp3) is 0.200. The number of hydrogen-bond donors (Lipinski definition) is 1. The van der Waals surface area contributed by atoms with Crippen LogP contribution in [0.15, 0.2) is 59.0 Å². The molecule has 1 amide bonds. The van der Waals surface area contributed by atoms with Crippen LogP contribution in [-0.2, 0) is 0 Å². The topological polar surface area (TPSA) is 64.4 Å². The molecule has 3 aromatic carbocycles. The Morgan fingerprint density at radius 3 is 2.43 bits per heavy atom. The van der Waals surface area contributed by atoms with E-state index in [4.69, 9.17) is 9.15 Å². The van der Waals surface area contributed by atoms with Gasteiger partial charge < -0.3 is 14.5 Å². The Kier molecular flexibility index (Phi) is 5.27. The van der Waals surface area contributed by atoms with Gasteiger partial charge in [0.1, 0.15) is 11.3 Å². The summed E-state index contributed by atoms with van der Waals surface area (Å²) in [5.41, 5.74) is 6.99. The predicted octanol–water partition coefficient (Wildman–Crippen LogP) is 6.07. The number of ether oxygens (including phenoxy) is 1. The Balaban J connectivity index is 1.61. The van der Waals surface area contributed by atoms with Crippen molar-refractivity contribution in [2.24, 2.45) is 0 Å². The van der Waals surface area contributed by atoms with Gasteiger partial charge in [-0.2, -0.15) is 0 Å². The van der Waals surface area contributed by atoms with Gasteiger partial charge in [-0.15, -0.1) is 0 Å². The quantitative estimate of drug-likeness (QED) is 0.441. The zero-order valence-electron chi connectivity index (χ0n) is 17.6. The van der Waals surface area contributed by atoms with Crippen molar-refractivity contribution >= 4 is 22.7 Å². The van der Waals surface area contributed by atoms with E-state index in [1.54, 1.807) is 24.3 Å². The van der Waals surface area contributed by atoms with Crippen LogP contribution in [0.4, 0.5) is 5.69 Å². The van der Waals surface area contributed by atoms with Crippen molar-refractivity contribution in [1.82, 2.24) is 4.98 Å². The lowest BCUT2D eigenvalue weighted by atomic mass is 10.1. The minimum Gasteiger partial charge on any atom is -0.494 e. The molecule has 0 fully saturated rings. The van der Waals surface area contributed by atoms with Crippen molar-refractivity contribution in [3.8, 4) is 17.2 Å².